The zero-order chi connectivity index (χ0) is 13.1. The predicted octanol–water partition coefficient (Wildman–Crippen LogP) is 1.78. The molecule has 4 atom stereocenters. The first-order chi connectivity index (χ1) is 8.60. The number of rotatable bonds is 3. The Balaban J connectivity index is 1.87. The molecule has 1 aliphatic carbocycles. The first-order valence-electron chi connectivity index (χ1n) is 7.78. The van der Waals surface area contributed by atoms with Crippen molar-refractivity contribution in [3.05, 3.63) is 0 Å². The summed E-state index contributed by atoms with van der Waals surface area (Å²) in [7, 11) is 2.23. The van der Waals surface area contributed by atoms with E-state index in [1.807, 2.05) is 0 Å². The van der Waals surface area contributed by atoms with Crippen LogP contribution >= 0.6 is 0 Å². The first kappa shape index (κ1) is 14.3. The second-order valence-corrected chi connectivity index (χ2v) is 6.62. The highest BCUT2D eigenvalue weighted by Crippen LogP contribution is 2.31. The molecule has 106 valence electrons. The molecule has 1 saturated carbocycles. The molecule has 0 radical (unpaired) electrons. The summed E-state index contributed by atoms with van der Waals surface area (Å²) in [5, 5.41) is 0. The SMILES string of the molecule is CCC1CCC(N)C(CN2CCN(C)CC2C)C1. The number of likely N-dealkylation sites (N-methyl/N-ethyl adjacent to an activating group) is 1. The molecule has 2 fully saturated rings. The lowest BCUT2D eigenvalue weighted by Crippen LogP contribution is -2.53. The second-order valence-electron chi connectivity index (χ2n) is 6.62. The van der Waals surface area contributed by atoms with Gasteiger partial charge < -0.3 is 10.6 Å². The maximum Gasteiger partial charge on any atom is 0.0195 e. The highest BCUT2D eigenvalue weighted by molar-refractivity contribution is 4.87. The fraction of sp³-hybridized carbons (Fsp3) is 1.00. The van der Waals surface area contributed by atoms with Crippen molar-refractivity contribution >= 4 is 0 Å². The van der Waals surface area contributed by atoms with Crippen molar-refractivity contribution in [1.82, 2.24) is 9.80 Å². The van der Waals surface area contributed by atoms with Crippen LogP contribution in [0.25, 0.3) is 0 Å². The number of nitrogens with two attached hydrogens (primary N) is 1. The molecule has 1 aliphatic heterocycles. The van der Waals surface area contributed by atoms with Gasteiger partial charge in [0.15, 0.2) is 0 Å². The van der Waals surface area contributed by atoms with Gasteiger partial charge in [-0.25, -0.2) is 0 Å². The number of piperazine rings is 1. The highest BCUT2D eigenvalue weighted by Gasteiger charge is 2.31. The molecule has 3 nitrogen and oxygen atoms in total. The van der Waals surface area contributed by atoms with E-state index in [0.717, 1.165) is 11.8 Å². The molecule has 3 heteroatoms. The third-order valence-electron chi connectivity index (χ3n) is 5.16. The van der Waals surface area contributed by atoms with Crippen LogP contribution < -0.4 is 5.73 Å². The lowest BCUT2D eigenvalue weighted by atomic mass is 9.77. The minimum atomic E-state index is 0.444. The van der Waals surface area contributed by atoms with Crippen molar-refractivity contribution < 1.29 is 0 Å². The van der Waals surface area contributed by atoms with Crippen LogP contribution in [-0.4, -0.2) is 55.1 Å². The Morgan fingerprint density at radius 1 is 1.22 bits per heavy atom. The van der Waals surface area contributed by atoms with Crippen LogP contribution in [0.5, 0.6) is 0 Å². The summed E-state index contributed by atoms with van der Waals surface area (Å²) in [6.45, 7) is 9.56. The zero-order valence-electron chi connectivity index (χ0n) is 12.4. The Kier molecular flexibility index (Phi) is 5.05. The van der Waals surface area contributed by atoms with Gasteiger partial charge >= 0.3 is 0 Å². The van der Waals surface area contributed by atoms with Crippen LogP contribution in [0, 0.1) is 11.8 Å². The summed E-state index contributed by atoms with van der Waals surface area (Å²) in [6, 6.07) is 1.14. The van der Waals surface area contributed by atoms with Crippen LogP contribution in [0.3, 0.4) is 0 Å². The van der Waals surface area contributed by atoms with Crippen molar-refractivity contribution in [3.63, 3.8) is 0 Å². The molecule has 0 bridgehead atoms. The lowest BCUT2D eigenvalue weighted by molar-refractivity contribution is 0.0663. The monoisotopic (exact) mass is 253 g/mol. The molecule has 2 aliphatic rings. The van der Waals surface area contributed by atoms with E-state index in [-0.39, 0.29) is 0 Å². The van der Waals surface area contributed by atoms with E-state index in [2.05, 4.69) is 30.7 Å². The molecule has 0 spiro atoms. The van der Waals surface area contributed by atoms with E-state index in [4.69, 9.17) is 5.73 Å². The Labute approximate surface area is 113 Å². The molecule has 2 N–H and O–H groups in total. The van der Waals surface area contributed by atoms with E-state index >= 15 is 0 Å². The average Bonchev–Trinajstić information content (AvgIpc) is 2.35. The number of nitrogens with zero attached hydrogens (tertiary/aromatic N) is 2. The normalized spacial score (nSPS) is 40.0. The summed E-state index contributed by atoms with van der Waals surface area (Å²) in [5.74, 6) is 1.66. The maximum absolute atomic E-state index is 6.35. The van der Waals surface area contributed by atoms with E-state index in [1.54, 1.807) is 0 Å². The lowest BCUT2D eigenvalue weighted by Gasteiger charge is -2.43. The predicted molar refractivity (Wildman–Crippen MR) is 77.6 cm³/mol. The molecule has 1 saturated heterocycles. The summed E-state index contributed by atoms with van der Waals surface area (Å²) < 4.78 is 0. The van der Waals surface area contributed by atoms with Gasteiger partial charge in [-0.3, -0.25) is 4.90 Å². The summed E-state index contributed by atoms with van der Waals surface area (Å²) in [6.07, 6.45) is 5.29. The number of hydrogen-bond donors (Lipinski definition) is 1. The van der Waals surface area contributed by atoms with Crippen LogP contribution in [0.15, 0.2) is 0 Å². The molecular weight excluding hydrogens is 222 g/mol. The van der Waals surface area contributed by atoms with Crippen molar-refractivity contribution in [2.75, 3.05) is 33.2 Å². The molecule has 0 amide bonds. The van der Waals surface area contributed by atoms with Gasteiger partial charge in [0.1, 0.15) is 0 Å². The van der Waals surface area contributed by atoms with Crippen LogP contribution in [0.1, 0.15) is 39.5 Å². The molecular formula is C15H31N3. The topological polar surface area (TPSA) is 32.5 Å². The summed E-state index contributed by atoms with van der Waals surface area (Å²) in [4.78, 5) is 5.11. The highest BCUT2D eigenvalue weighted by atomic mass is 15.3. The molecule has 4 unspecified atom stereocenters. The van der Waals surface area contributed by atoms with E-state index in [0.29, 0.717) is 12.1 Å². The van der Waals surface area contributed by atoms with Crippen LogP contribution in [-0.2, 0) is 0 Å². The first-order valence-corrected chi connectivity index (χ1v) is 7.78. The summed E-state index contributed by atoms with van der Waals surface area (Å²) >= 11 is 0. The largest absolute Gasteiger partial charge is 0.327 e. The van der Waals surface area contributed by atoms with Crippen molar-refractivity contribution in [1.29, 1.82) is 0 Å². The van der Waals surface area contributed by atoms with E-state index in [9.17, 15) is 0 Å². The maximum atomic E-state index is 6.35. The molecule has 2 rings (SSSR count). The molecule has 1 heterocycles. The molecule has 0 aromatic carbocycles. The van der Waals surface area contributed by atoms with Crippen molar-refractivity contribution in [2.24, 2.45) is 17.6 Å². The van der Waals surface area contributed by atoms with Gasteiger partial charge in [0.05, 0.1) is 0 Å². The van der Waals surface area contributed by atoms with Gasteiger partial charge in [0, 0.05) is 38.3 Å². The number of hydrogen-bond acceptors (Lipinski definition) is 3. The molecule has 18 heavy (non-hydrogen) atoms. The van der Waals surface area contributed by atoms with Crippen molar-refractivity contribution in [2.45, 2.75) is 51.6 Å². The Morgan fingerprint density at radius 2 is 2.00 bits per heavy atom. The van der Waals surface area contributed by atoms with Gasteiger partial charge in [-0.05, 0) is 45.1 Å². The molecule has 0 aromatic rings. The van der Waals surface area contributed by atoms with Crippen LogP contribution in [0.4, 0.5) is 0 Å². The fourth-order valence-corrected chi connectivity index (χ4v) is 3.72. The Hall–Kier alpha value is -0.120. The third-order valence-corrected chi connectivity index (χ3v) is 5.16. The zero-order valence-corrected chi connectivity index (χ0v) is 12.4. The van der Waals surface area contributed by atoms with Gasteiger partial charge in [0.25, 0.3) is 0 Å². The van der Waals surface area contributed by atoms with Gasteiger partial charge in [-0.1, -0.05) is 13.3 Å². The fourth-order valence-electron chi connectivity index (χ4n) is 3.72. The van der Waals surface area contributed by atoms with Crippen LogP contribution in [0.2, 0.25) is 0 Å². The smallest absolute Gasteiger partial charge is 0.0195 e. The molecule has 0 aromatic heterocycles. The van der Waals surface area contributed by atoms with Gasteiger partial charge in [0.2, 0.25) is 0 Å². The minimum Gasteiger partial charge on any atom is -0.327 e. The van der Waals surface area contributed by atoms with Gasteiger partial charge in [-0.15, -0.1) is 0 Å². The average molecular weight is 253 g/mol. The quantitative estimate of drug-likeness (QED) is 0.832. The van der Waals surface area contributed by atoms with Gasteiger partial charge in [-0.2, -0.15) is 0 Å². The standard InChI is InChI=1S/C15H31N3/c1-4-13-5-6-15(16)14(9-13)11-18-8-7-17(3)10-12(18)2/h12-15H,4-11,16H2,1-3H3. The minimum absolute atomic E-state index is 0.444. The van der Waals surface area contributed by atoms with Crippen molar-refractivity contribution in [3.8, 4) is 0 Å². The Bertz CT molecular complexity index is 256. The Morgan fingerprint density at radius 3 is 2.67 bits per heavy atom. The third kappa shape index (κ3) is 3.46. The van der Waals surface area contributed by atoms with E-state index in [1.165, 1.54) is 51.9 Å². The second kappa shape index (κ2) is 6.36. The summed E-state index contributed by atoms with van der Waals surface area (Å²) in [5.41, 5.74) is 6.35. The van der Waals surface area contributed by atoms with E-state index < -0.39 is 0 Å².